The van der Waals surface area contributed by atoms with Gasteiger partial charge in [0.05, 0.1) is 6.54 Å². The first-order valence-electron chi connectivity index (χ1n) is 10.1. The van der Waals surface area contributed by atoms with E-state index in [4.69, 9.17) is 4.42 Å². The van der Waals surface area contributed by atoms with Crippen LogP contribution in [0.1, 0.15) is 19.1 Å². The molecule has 1 N–H and O–H groups in total. The van der Waals surface area contributed by atoms with E-state index in [0.29, 0.717) is 19.6 Å². The fourth-order valence-electron chi connectivity index (χ4n) is 3.89. The number of para-hydroxylation sites is 1. The monoisotopic (exact) mass is 410 g/mol. The molecule has 0 saturated carbocycles. The Morgan fingerprint density at radius 1 is 1.34 bits per heavy atom. The van der Waals surface area contributed by atoms with E-state index in [1.807, 2.05) is 30.3 Å². The van der Waals surface area contributed by atoms with E-state index in [9.17, 15) is 13.2 Å². The molecular weight excluding hydrogens is 381 g/mol. The smallest absolute Gasteiger partial charge is 0.401 e. The molecule has 2 aromatic rings. The molecule has 1 saturated heterocycles. The van der Waals surface area contributed by atoms with Gasteiger partial charge in [-0.1, -0.05) is 25.1 Å². The lowest BCUT2D eigenvalue weighted by molar-refractivity contribution is -0.146. The highest BCUT2D eigenvalue weighted by molar-refractivity contribution is 5.80. The van der Waals surface area contributed by atoms with Gasteiger partial charge >= 0.3 is 6.18 Å². The van der Waals surface area contributed by atoms with Crippen LogP contribution >= 0.6 is 0 Å². The molecular formula is C21H29F3N4O. The first-order chi connectivity index (χ1) is 13.9. The number of halogens is 3. The van der Waals surface area contributed by atoms with Crippen LogP contribution in [0.15, 0.2) is 39.7 Å². The van der Waals surface area contributed by atoms with Gasteiger partial charge in [-0.05, 0) is 31.0 Å². The summed E-state index contributed by atoms with van der Waals surface area (Å²) in [6, 6.07) is 9.96. The Kier molecular flexibility index (Phi) is 7.05. The van der Waals surface area contributed by atoms with Crippen molar-refractivity contribution in [3.63, 3.8) is 0 Å². The number of fused-ring (bicyclic) bond motifs is 1. The molecule has 0 bridgehead atoms. The molecule has 8 heteroatoms. The van der Waals surface area contributed by atoms with Crippen molar-refractivity contribution in [2.24, 2.45) is 10.9 Å². The summed E-state index contributed by atoms with van der Waals surface area (Å²) in [6.07, 6.45) is -2.54. The topological polar surface area (TPSA) is 44.0 Å². The lowest BCUT2D eigenvalue weighted by Gasteiger charge is -2.26. The molecule has 1 atom stereocenters. The number of alkyl halides is 3. The Hall–Kier alpha value is -2.22. The van der Waals surface area contributed by atoms with Crippen LogP contribution in [0.25, 0.3) is 11.0 Å². The molecule has 3 rings (SSSR count). The van der Waals surface area contributed by atoms with Crippen molar-refractivity contribution in [3.8, 4) is 0 Å². The highest BCUT2D eigenvalue weighted by Gasteiger charge is 2.32. The normalized spacial score (nSPS) is 18.2. The fourth-order valence-corrected chi connectivity index (χ4v) is 3.89. The van der Waals surface area contributed by atoms with Gasteiger partial charge in [-0.3, -0.25) is 9.89 Å². The van der Waals surface area contributed by atoms with Crippen molar-refractivity contribution in [2.45, 2.75) is 25.9 Å². The number of likely N-dealkylation sites (tertiary alicyclic amines) is 1. The number of nitrogens with one attached hydrogen (secondary N) is 1. The van der Waals surface area contributed by atoms with Crippen molar-refractivity contribution < 1.29 is 17.6 Å². The number of benzene rings is 1. The van der Waals surface area contributed by atoms with Gasteiger partial charge in [0, 0.05) is 45.0 Å². The van der Waals surface area contributed by atoms with Crippen LogP contribution in [0.5, 0.6) is 0 Å². The Morgan fingerprint density at radius 2 is 2.14 bits per heavy atom. The lowest BCUT2D eigenvalue weighted by atomic mass is 10.1. The molecule has 1 unspecified atom stereocenters. The van der Waals surface area contributed by atoms with Crippen LogP contribution in [-0.4, -0.2) is 68.3 Å². The van der Waals surface area contributed by atoms with Crippen LogP contribution in [-0.2, 0) is 6.42 Å². The number of rotatable bonds is 7. The molecule has 1 fully saturated rings. The van der Waals surface area contributed by atoms with E-state index in [0.717, 1.165) is 48.6 Å². The first-order valence-corrected chi connectivity index (χ1v) is 10.1. The van der Waals surface area contributed by atoms with Crippen molar-refractivity contribution in [3.05, 3.63) is 36.1 Å². The highest BCUT2D eigenvalue weighted by atomic mass is 19.4. The van der Waals surface area contributed by atoms with E-state index in [1.54, 1.807) is 14.0 Å². The molecule has 0 amide bonds. The van der Waals surface area contributed by atoms with Gasteiger partial charge < -0.3 is 14.6 Å². The van der Waals surface area contributed by atoms with E-state index in [-0.39, 0.29) is 5.92 Å². The molecule has 29 heavy (non-hydrogen) atoms. The standard InChI is InChI=1S/C21H29F3N4O/c1-3-27(15-21(22,23)24)13-16-9-11-28(14-16)20(25-2)26-10-8-18-12-17-6-4-5-7-19(17)29-18/h4-7,12,16H,3,8-11,13-15H2,1-2H3,(H,25,26). The quantitative estimate of drug-likeness (QED) is 0.558. The predicted molar refractivity (Wildman–Crippen MR) is 109 cm³/mol. The number of hydrogen-bond acceptors (Lipinski definition) is 3. The fraction of sp³-hybridized carbons (Fsp3) is 0.571. The second-order valence-corrected chi connectivity index (χ2v) is 7.52. The average molecular weight is 410 g/mol. The molecule has 2 heterocycles. The van der Waals surface area contributed by atoms with E-state index >= 15 is 0 Å². The summed E-state index contributed by atoms with van der Waals surface area (Å²) in [5.74, 6) is 1.92. The number of nitrogens with zero attached hydrogens (tertiary/aromatic N) is 3. The maximum Gasteiger partial charge on any atom is 0.401 e. The van der Waals surface area contributed by atoms with Gasteiger partial charge in [-0.25, -0.2) is 0 Å². The first kappa shape index (κ1) is 21.5. The largest absolute Gasteiger partial charge is 0.461 e. The van der Waals surface area contributed by atoms with Crippen LogP contribution in [0.2, 0.25) is 0 Å². The average Bonchev–Trinajstić information content (AvgIpc) is 3.30. The Morgan fingerprint density at radius 3 is 2.83 bits per heavy atom. The van der Waals surface area contributed by atoms with E-state index in [1.165, 1.54) is 4.90 Å². The zero-order valence-electron chi connectivity index (χ0n) is 17.0. The van der Waals surface area contributed by atoms with Crippen LogP contribution in [0.3, 0.4) is 0 Å². The number of guanidine groups is 1. The van der Waals surface area contributed by atoms with E-state index < -0.39 is 12.7 Å². The molecule has 1 aliphatic heterocycles. The number of hydrogen-bond donors (Lipinski definition) is 1. The predicted octanol–water partition coefficient (Wildman–Crippen LogP) is 3.76. The Balaban J connectivity index is 1.46. The minimum absolute atomic E-state index is 0.214. The van der Waals surface area contributed by atoms with Gasteiger partial charge in [0.25, 0.3) is 0 Å². The Labute approximate surface area is 169 Å². The third-order valence-electron chi connectivity index (χ3n) is 5.29. The van der Waals surface area contributed by atoms with Crippen molar-refractivity contribution >= 4 is 16.9 Å². The van der Waals surface area contributed by atoms with Gasteiger partial charge in [0.1, 0.15) is 11.3 Å². The zero-order chi connectivity index (χ0) is 20.9. The molecule has 160 valence electrons. The molecule has 0 radical (unpaired) electrons. The maximum absolute atomic E-state index is 12.7. The third-order valence-corrected chi connectivity index (χ3v) is 5.29. The van der Waals surface area contributed by atoms with Crippen LogP contribution < -0.4 is 5.32 Å². The highest BCUT2D eigenvalue weighted by Crippen LogP contribution is 2.22. The Bertz CT molecular complexity index is 785. The maximum atomic E-state index is 12.7. The summed E-state index contributed by atoms with van der Waals surface area (Å²) >= 11 is 0. The second kappa shape index (κ2) is 9.52. The molecule has 0 spiro atoms. The molecule has 1 aromatic heterocycles. The molecule has 1 aliphatic rings. The summed E-state index contributed by atoms with van der Waals surface area (Å²) in [5.41, 5.74) is 0.883. The van der Waals surface area contributed by atoms with Crippen molar-refractivity contribution in [1.29, 1.82) is 0 Å². The molecule has 0 aliphatic carbocycles. The van der Waals surface area contributed by atoms with Gasteiger partial charge in [0.2, 0.25) is 0 Å². The van der Waals surface area contributed by atoms with Gasteiger partial charge in [-0.2, -0.15) is 13.2 Å². The minimum atomic E-state index is -4.15. The zero-order valence-corrected chi connectivity index (χ0v) is 17.0. The lowest BCUT2D eigenvalue weighted by Crippen LogP contribution is -2.42. The summed E-state index contributed by atoms with van der Waals surface area (Å²) in [7, 11) is 1.73. The van der Waals surface area contributed by atoms with Crippen LogP contribution in [0, 0.1) is 5.92 Å². The van der Waals surface area contributed by atoms with Crippen LogP contribution in [0.4, 0.5) is 13.2 Å². The summed E-state index contributed by atoms with van der Waals surface area (Å²) in [5, 5.41) is 4.44. The number of aliphatic imine (C=N–C) groups is 1. The van der Waals surface area contributed by atoms with Crippen molar-refractivity contribution in [1.82, 2.24) is 15.1 Å². The second-order valence-electron chi connectivity index (χ2n) is 7.52. The summed E-state index contributed by atoms with van der Waals surface area (Å²) in [6.45, 7) is 4.00. The minimum Gasteiger partial charge on any atom is -0.461 e. The van der Waals surface area contributed by atoms with E-state index in [2.05, 4.69) is 15.2 Å². The SMILES string of the molecule is CCN(CC1CCN(C(=NC)NCCc2cc3ccccc3o2)C1)CC(F)(F)F. The summed E-state index contributed by atoms with van der Waals surface area (Å²) < 4.78 is 43.9. The summed E-state index contributed by atoms with van der Waals surface area (Å²) in [4.78, 5) is 7.95. The molecule has 5 nitrogen and oxygen atoms in total. The van der Waals surface area contributed by atoms with Gasteiger partial charge in [0.15, 0.2) is 5.96 Å². The third kappa shape index (κ3) is 6.13. The molecule has 1 aromatic carbocycles. The number of furan rings is 1. The van der Waals surface area contributed by atoms with Gasteiger partial charge in [-0.15, -0.1) is 0 Å². The van der Waals surface area contributed by atoms with Crippen molar-refractivity contribution in [2.75, 3.05) is 46.3 Å².